The number of pyridine rings is 1. The van der Waals surface area contributed by atoms with E-state index in [1.807, 2.05) is 45.0 Å². The number of anilines is 2. The van der Waals surface area contributed by atoms with Crippen LogP contribution < -0.4 is 15.4 Å². The Hall–Kier alpha value is -2.56. The van der Waals surface area contributed by atoms with E-state index in [2.05, 4.69) is 15.6 Å². The number of hydrogen-bond acceptors (Lipinski definition) is 4. The molecule has 2 aromatic rings. The number of nitrogens with one attached hydrogen (secondary N) is 2. The number of benzene rings is 1. The van der Waals surface area contributed by atoms with Crippen molar-refractivity contribution in [1.82, 2.24) is 10.3 Å². The molecule has 0 saturated carbocycles. The Kier molecular flexibility index (Phi) is 5.97. The molecule has 0 atom stereocenters. The number of rotatable bonds is 7. The predicted molar refractivity (Wildman–Crippen MR) is 92.3 cm³/mol. The fourth-order valence-corrected chi connectivity index (χ4v) is 2.05. The average Bonchev–Trinajstić information content (AvgIpc) is 2.54. The highest BCUT2D eigenvalue weighted by molar-refractivity contribution is 5.94. The lowest BCUT2D eigenvalue weighted by Crippen LogP contribution is -2.24. The molecule has 122 valence electrons. The van der Waals surface area contributed by atoms with Crippen molar-refractivity contribution in [3.8, 4) is 5.75 Å². The number of amides is 1. The Bertz CT molecular complexity index is 656. The summed E-state index contributed by atoms with van der Waals surface area (Å²) in [5.41, 5.74) is 1.40. The Morgan fingerprint density at radius 2 is 2.04 bits per heavy atom. The molecular weight excluding hydrogens is 290 g/mol. The van der Waals surface area contributed by atoms with Crippen LogP contribution in [0.25, 0.3) is 0 Å². The number of carbonyl (C=O) groups excluding carboxylic acids is 1. The standard InChI is InChI=1S/C18H23N3O2/c1-4-10-20-18(22)14-9-11-19-17(12-14)21-15-7-5-6-8-16(15)23-13(2)3/h5-9,11-13H,4,10H2,1-3H3,(H,19,21)(H,20,22). The molecule has 0 aliphatic heterocycles. The molecule has 0 aliphatic rings. The van der Waals surface area contributed by atoms with Crippen LogP contribution in [0.5, 0.6) is 5.75 Å². The Morgan fingerprint density at radius 1 is 1.26 bits per heavy atom. The van der Waals surface area contributed by atoms with Crippen molar-refractivity contribution >= 4 is 17.4 Å². The van der Waals surface area contributed by atoms with E-state index in [9.17, 15) is 4.79 Å². The Balaban J connectivity index is 2.16. The summed E-state index contributed by atoms with van der Waals surface area (Å²) in [7, 11) is 0. The maximum Gasteiger partial charge on any atom is 0.251 e. The molecule has 0 aliphatic carbocycles. The van der Waals surface area contributed by atoms with Gasteiger partial charge >= 0.3 is 0 Å². The zero-order valence-corrected chi connectivity index (χ0v) is 13.8. The summed E-state index contributed by atoms with van der Waals surface area (Å²) in [5, 5.41) is 6.07. The molecule has 5 nitrogen and oxygen atoms in total. The quantitative estimate of drug-likeness (QED) is 0.817. The summed E-state index contributed by atoms with van der Waals surface area (Å²) in [6.07, 6.45) is 2.61. The lowest BCUT2D eigenvalue weighted by Gasteiger charge is -2.15. The lowest BCUT2D eigenvalue weighted by atomic mass is 10.2. The van der Waals surface area contributed by atoms with E-state index >= 15 is 0 Å². The fraction of sp³-hybridized carbons (Fsp3) is 0.333. The number of carbonyl (C=O) groups is 1. The molecule has 23 heavy (non-hydrogen) atoms. The van der Waals surface area contributed by atoms with Crippen molar-refractivity contribution in [3.63, 3.8) is 0 Å². The first-order valence-electron chi connectivity index (χ1n) is 7.87. The van der Waals surface area contributed by atoms with Crippen molar-refractivity contribution in [2.24, 2.45) is 0 Å². The largest absolute Gasteiger partial charge is 0.489 e. The van der Waals surface area contributed by atoms with Gasteiger partial charge in [-0.15, -0.1) is 0 Å². The number of ether oxygens (including phenoxy) is 1. The van der Waals surface area contributed by atoms with Gasteiger partial charge < -0.3 is 15.4 Å². The molecule has 1 aromatic heterocycles. The summed E-state index contributed by atoms with van der Waals surface area (Å²) in [5.74, 6) is 1.27. The second-order valence-corrected chi connectivity index (χ2v) is 5.47. The summed E-state index contributed by atoms with van der Waals surface area (Å²) >= 11 is 0. The van der Waals surface area contributed by atoms with E-state index in [-0.39, 0.29) is 12.0 Å². The molecular formula is C18H23N3O2. The van der Waals surface area contributed by atoms with Gasteiger partial charge in [0.2, 0.25) is 0 Å². The first kappa shape index (κ1) is 16.8. The van der Waals surface area contributed by atoms with E-state index in [0.29, 0.717) is 17.9 Å². The zero-order chi connectivity index (χ0) is 16.7. The van der Waals surface area contributed by atoms with Gasteiger partial charge in [0.15, 0.2) is 0 Å². The molecule has 2 rings (SSSR count). The fourth-order valence-electron chi connectivity index (χ4n) is 2.05. The van der Waals surface area contributed by atoms with Crippen molar-refractivity contribution in [2.45, 2.75) is 33.3 Å². The van der Waals surface area contributed by atoms with Crippen molar-refractivity contribution < 1.29 is 9.53 Å². The van der Waals surface area contributed by atoms with Crippen molar-refractivity contribution in [1.29, 1.82) is 0 Å². The lowest BCUT2D eigenvalue weighted by molar-refractivity contribution is 0.0953. The molecule has 0 fully saturated rings. The summed E-state index contributed by atoms with van der Waals surface area (Å²) in [6, 6.07) is 11.1. The van der Waals surface area contributed by atoms with Gasteiger partial charge in [0, 0.05) is 18.3 Å². The van der Waals surface area contributed by atoms with Crippen LogP contribution in [-0.2, 0) is 0 Å². The third-order valence-corrected chi connectivity index (χ3v) is 3.07. The van der Waals surface area contributed by atoms with Gasteiger partial charge in [0.05, 0.1) is 11.8 Å². The number of nitrogens with zero attached hydrogens (tertiary/aromatic N) is 1. The molecule has 1 heterocycles. The van der Waals surface area contributed by atoms with Crippen LogP contribution in [0, 0.1) is 0 Å². The molecule has 0 spiro atoms. The number of aromatic nitrogens is 1. The molecule has 5 heteroatoms. The van der Waals surface area contributed by atoms with Gasteiger partial charge in [0.25, 0.3) is 5.91 Å². The normalized spacial score (nSPS) is 10.4. The number of hydrogen-bond donors (Lipinski definition) is 2. The van der Waals surface area contributed by atoms with E-state index in [0.717, 1.165) is 17.9 Å². The van der Waals surface area contributed by atoms with Gasteiger partial charge in [-0.2, -0.15) is 0 Å². The maximum absolute atomic E-state index is 12.0. The SMILES string of the molecule is CCCNC(=O)c1ccnc(Nc2ccccc2OC(C)C)c1. The third-order valence-electron chi connectivity index (χ3n) is 3.07. The van der Waals surface area contributed by atoms with E-state index in [1.54, 1.807) is 18.3 Å². The first-order chi connectivity index (χ1) is 11.1. The topological polar surface area (TPSA) is 63.2 Å². The van der Waals surface area contributed by atoms with Gasteiger partial charge in [0.1, 0.15) is 11.6 Å². The maximum atomic E-state index is 12.0. The Morgan fingerprint density at radius 3 is 2.78 bits per heavy atom. The molecule has 1 aromatic carbocycles. The van der Waals surface area contributed by atoms with Crippen molar-refractivity contribution in [2.75, 3.05) is 11.9 Å². The first-order valence-corrected chi connectivity index (χ1v) is 7.87. The second kappa shape index (κ2) is 8.17. The van der Waals surface area contributed by atoms with Gasteiger partial charge in [-0.05, 0) is 44.5 Å². The monoisotopic (exact) mass is 313 g/mol. The summed E-state index contributed by atoms with van der Waals surface area (Å²) in [4.78, 5) is 16.3. The molecule has 2 N–H and O–H groups in total. The highest BCUT2D eigenvalue weighted by Gasteiger charge is 2.09. The van der Waals surface area contributed by atoms with Crippen LogP contribution in [0.3, 0.4) is 0 Å². The predicted octanol–water partition coefficient (Wildman–Crippen LogP) is 3.75. The molecule has 1 amide bonds. The Labute approximate surface area is 137 Å². The highest BCUT2D eigenvalue weighted by Crippen LogP contribution is 2.27. The van der Waals surface area contributed by atoms with Crippen LogP contribution in [0.2, 0.25) is 0 Å². The van der Waals surface area contributed by atoms with E-state index in [4.69, 9.17) is 4.74 Å². The molecule has 0 saturated heterocycles. The minimum atomic E-state index is -0.0935. The molecule has 0 bridgehead atoms. The number of para-hydroxylation sites is 2. The minimum Gasteiger partial charge on any atom is -0.489 e. The van der Waals surface area contributed by atoms with Crippen molar-refractivity contribution in [3.05, 3.63) is 48.2 Å². The van der Waals surface area contributed by atoms with Gasteiger partial charge in [-0.3, -0.25) is 4.79 Å². The van der Waals surface area contributed by atoms with Crippen LogP contribution >= 0.6 is 0 Å². The summed E-state index contributed by atoms with van der Waals surface area (Å²) in [6.45, 7) is 6.64. The smallest absolute Gasteiger partial charge is 0.251 e. The average molecular weight is 313 g/mol. The van der Waals surface area contributed by atoms with Crippen LogP contribution in [0.15, 0.2) is 42.6 Å². The highest BCUT2D eigenvalue weighted by atomic mass is 16.5. The molecule has 0 unspecified atom stereocenters. The second-order valence-electron chi connectivity index (χ2n) is 5.47. The van der Waals surface area contributed by atoms with Crippen LogP contribution in [-0.4, -0.2) is 23.5 Å². The van der Waals surface area contributed by atoms with Crippen LogP contribution in [0.1, 0.15) is 37.6 Å². The minimum absolute atomic E-state index is 0.0806. The van der Waals surface area contributed by atoms with Gasteiger partial charge in [-0.25, -0.2) is 4.98 Å². The van der Waals surface area contributed by atoms with Gasteiger partial charge in [-0.1, -0.05) is 19.1 Å². The zero-order valence-electron chi connectivity index (χ0n) is 13.8. The third kappa shape index (κ3) is 4.98. The molecule has 0 radical (unpaired) electrons. The van der Waals surface area contributed by atoms with Crippen LogP contribution in [0.4, 0.5) is 11.5 Å². The van der Waals surface area contributed by atoms with E-state index < -0.39 is 0 Å². The van der Waals surface area contributed by atoms with E-state index in [1.165, 1.54) is 0 Å². The summed E-state index contributed by atoms with van der Waals surface area (Å²) < 4.78 is 5.78.